The van der Waals surface area contributed by atoms with Crippen molar-refractivity contribution in [2.75, 3.05) is 17.2 Å². The lowest BCUT2D eigenvalue weighted by Gasteiger charge is -2.14. The molecule has 0 unspecified atom stereocenters. The van der Waals surface area contributed by atoms with Crippen LogP contribution in [0.2, 0.25) is 0 Å². The van der Waals surface area contributed by atoms with Crippen LogP contribution in [0.15, 0.2) is 27.6 Å². The molecule has 8 nitrogen and oxygen atoms in total. The van der Waals surface area contributed by atoms with Crippen LogP contribution in [0.25, 0.3) is 0 Å². The van der Waals surface area contributed by atoms with Crippen LogP contribution in [0, 0.1) is 6.92 Å². The van der Waals surface area contributed by atoms with Gasteiger partial charge in [-0.25, -0.2) is 8.42 Å². The van der Waals surface area contributed by atoms with Crippen molar-refractivity contribution in [3.05, 3.63) is 29.9 Å². The first kappa shape index (κ1) is 20.7. The molecule has 0 aliphatic carbocycles. The lowest BCUT2D eigenvalue weighted by Crippen LogP contribution is -2.16. The number of nitrogens with one attached hydrogen (secondary N) is 2. The number of carbonyl (C=O) groups is 1. The molecule has 1 heterocycles. The van der Waals surface area contributed by atoms with Gasteiger partial charge in [-0.3, -0.25) is 4.79 Å². The molecule has 1 aromatic carbocycles. The van der Waals surface area contributed by atoms with Crippen LogP contribution in [-0.2, 0) is 21.1 Å². The number of aromatic nitrogens is 2. The van der Waals surface area contributed by atoms with Crippen molar-refractivity contribution >= 4 is 27.1 Å². The van der Waals surface area contributed by atoms with Gasteiger partial charge in [-0.2, -0.15) is 13.8 Å². The van der Waals surface area contributed by atoms with E-state index < -0.39 is 26.4 Å². The molecule has 0 aliphatic heterocycles. The Morgan fingerprint density at radius 2 is 2.04 bits per heavy atom. The summed E-state index contributed by atoms with van der Waals surface area (Å²) in [5.74, 6) is -3.01. The zero-order valence-corrected chi connectivity index (χ0v) is 15.6. The molecule has 2 N–H and O–H groups in total. The van der Waals surface area contributed by atoms with Crippen LogP contribution in [0.4, 0.5) is 20.2 Å². The molecule has 0 aliphatic rings. The van der Waals surface area contributed by atoms with Gasteiger partial charge in [0.15, 0.2) is 5.82 Å². The van der Waals surface area contributed by atoms with Crippen LogP contribution in [0.1, 0.15) is 31.5 Å². The van der Waals surface area contributed by atoms with Crippen LogP contribution in [-0.4, -0.2) is 36.8 Å². The highest BCUT2D eigenvalue weighted by molar-refractivity contribution is 7.91. The van der Waals surface area contributed by atoms with Crippen molar-refractivity contribution in [2.24, 2.45) is 0 Å². The van der Waals surface area contributed by atoms with Crippen LogP contribution >= 0.6 is 0 Å². The largest absolute Gasteiger partial charge is 0.384 e. The SMILES string of the molecule is CCNc1ccc(S(=O)(=O)C(F)F)cc1NC(=O)CCCc1nc(C)no1. The number of carbonyl (C=O) groups excluding carboxylic acids is 1. The molecule has 1 amide bonds. The summed E-state index contributed by atoms with van der Waals surface area (Å²) < 4.78 is 53.8. The van der Waals surface area contributed by atoms with E-state index >= 15 is 0 Å². The molecular formula is C16H20F2N4O4S. The van der Waals surface area contributed by atoms with Gasteiger partial charge in [0.25, 0.3) is 0 Å². The zero-order chi connectivity index (χ0) is 20.0. The molecule has 2 aromatic rings. The summed E-state index contributed by atoms with van der Waals surface area (Å²) in [6, 6.07) is 3.45. The minimum absolute atomic E-state index is 0.110. The average Bonchev–Trinajstić information content (AvgIpc) is 3.01. The lowest BCUT2D eigenvalue weighted by molar-refractivity contribution is -0.116. The normalized spacial score (nSPS) is 11.6. The standard InChI is InChI=1S/C16H20F2N4O4S/c1-3-19-12-8-7-11(27(24,25)16(17)18)9-13(12)21-14(23)5-4-6-15-20-10(2)22-26-15/h7-9,16,19H,3-6H2,1-2H3,(H,21,23). The number of benzene rings is 1. The first-order valence-electron chi connectivity index (χ1n) is 8.23. The molecule has 0 spiro atoms. The van der Waals surface area contributed by atoms with E-state index in [0.29, 0.717) is 36.8 Å². The Morgan fingerprint density at radius 3 is 2.63 bits per heavy atom. The van der Waals surface area contributed by atoms with Crippen molar-refractivity contribution in [2.45, 2.75) is 43.8 Å². The summed E-state index contributed by atoms with van der Waals surface area (Å²) in [6.07, 6.45) is 0.950. The fourth-order valence-electron chi connectivity index (χ4n) is 2.31. The molecule has 0 atom stereocenters. The Balaban J connectivity index is 2.08. The van der Waals surface area contributed by atoms with Crippen molar-refractivity contribution in [3.8, 4) is 0 Å². The van der Waals surface area contributed by atoms with Gasteiger partial charge in [-0.15, -0.1) is 0 Å². The molecule has 0 fully saturated rings. The third kappa shape index (κ3) is 5.46. The van der Waals surface area contributed by atoms with Crippen molar-refractivity contribution in [3.63, 3.8) is 0 Å². The second-order valence-corrected chi connectivity index (χ2v) is 7.60. The minimum Gasteiger partial charge on any atom is -0.384 e. The van der Waals surface area contributed by atoms with Crippen molar-refractivity contribution in [1.29, 1.82) is 0 Å². The van der Waals surface area contributed by atoms with Gasteiger partial charge in [0, 0.05) is 19.4 Å². The first-order chi connectivity index (χ1) is 12.7. The number of nitrogens with zero attached hydrogens (tertiary/aromatic N) is 2. The molecule has 0 saturated heterocycles. The smallest absolute Gasteiger partial charge is 0.341 e. The second-order valence-electron chi connectivity index (χ2n) is 5.68. The zero-order valence-electron chi connectivity index (χ0n) is 14.8. The molecule has 11 heteroatoms. The van der Waals surface area contributed by atoms with Crippen LogP contribution in [0.5, 0.6) is 0 Å². The Bertz CT molecular complexity index is 900. The third-order valence-corrected chi connectivity index (χ3v) is 4.94. The highest BCUT2D eigenvalue weighted by Gasteiger charge is 2.27. The van der Waals surface area contributed by atoms with Crippen LogP contribution < -0.4 is 10.6 Å². The number of hydrogen-bond acceptors (Lipinski definition) is 7. The van der Waals surface area contributed by atoms with Gasteiger partial charge < -0.3 is 15.2 Å². The van der Waals surface area contributed by atoms with Crippen molar-refractivity contribution in [1.82, 2.24) is 10.1 Å². The van der Waals surface area contributed by atoms with Gasteiger partial charge in [0.05, 0.1) is 16.3 Å². The predicted octanol–water partition coefficient (Wildman–Crippen LogP) is 2.77. The fourth-order valence-corrected chi connectivity index (χ4v) is 3.05. The third-order valence-electron chi connectivity index (χ3n) is 3.56. The number of aryl methyl sites for hydroxylation is 2. The molecular weight excluding hydrogens is 382 g/mol. The summed E-state index contributed by atoms with van der Waals surface area (Å²) in [5, 5.41) is 9.15. The number of hydrogen-bond donors (Lipinski definition) is 2. The Kier molecular flexibility index (Phi) is 6.83. The number of halogens is 2. The summed E-state index contributed by atoms with van der Waals surface area (Å²) in [5.41, 5.74) is 0.559. The molecule has 2 rings (SSSR count). The first-order valence-corrected chi connectivity index (χ1v) is 9.77. The highest BCUT2D eigenvalue weighted by atomic mass is 32.2. The summed E-state index contributed by atoms with van der Waals surface area (Å²) >= 11 is 0. The Hall–Kier alpha value is -2.56. The van der Waals surface area contributed by atoms with E-state index in [1.807, 2.05) is 6.92 Å². The molecule has 148 valence electrons. The van der Waals surface area contributed by atoms with E-state index in [1.54, 1.807) is 6.92 Å². The molecule has 0 bridgehead atoms. The molecule has 0 radical (unpaired) electrons. The Labute approximate surface area is 155 Å². The van der Waals surface area contributed by atoms with E-state index in [-0.39, 0.29) is 12.1 Å². The Morgan fingerprint density at radius 1 is 1.30 bits per heavy atom. The van der Waals surface area contributed by atoms with Gasteiger partial charge >= 0.3 is 5.76 Å². The quantitative estimate of drug-likeness (QED) is 0.663. The maximum absolute atomic E-state index is 12.8. The monoisotopic (exact) mass is 402 g/mol. The van der Waals surface area contributed by atoms with E-state index in [2.05, 4.69) is 20.8 Å². The number of amides is 1. The van der Waals surface area contributed by atoms with E-state index in [0.717, 1.165) is 12.1 Å². The predicted molar refractivity (Wildman–Crippen MR) is 94.4 cm³/mol. The molecule has 27 heavy (non-hydrogen) atoms. The molecule has 1 aromatic heterocycles. The minimum atomic E-state index is -4.76. The fraction of sp³-hybridized carbons (Fsp3) is 0.438. The number of sulfone groups is 1. The van der Waals surface area contributed by atoms with Gasteiger partial charge in [0.2, 0.25) is 21.6 Å². The van der Waals surface area contributed by atoms with E-state index in [4.69, 9.17) is 4.52 Å². The van der Waals surface area contributed by atoms with Crippen LogP contribution in [0.3, 0.4) is 0 Å². The maximum Gasteiger partial charge on any atom is 0.341 e. The van der Waals surface area contributed by atoms with Crippen molar-refractivity contribution < 1.29 is 26.5 Å². The maximum atomic E-state index is 12.8. The summed E-state index contributed by atoms with van der Waals surface area (Å²) in [7, 11) is -4.76. The summed E-state index contributed by atoms with van der Waals surface area (Å²) in [6.45, 7) is 3.99. The lowest BCUT2D eigenvalue weighted by atomic mass is 10.2. The van der Waals surface area contributed by atoms with Gasteiger partial charge in [0.1, 0.15) is 0 Å². The number of anilines is 2. The van der Waals surface area contributed by atoms with Gasteiger partial charge in [-0.05, 0) is 38.5 Å². The molecule has 0 saturated carbocycles. The van der Waals surface area contributed by atoms with E-state index in [9.17, 15) is 22.0 Å². The van der Waals surface area contributed by atoms with E-state index in [1.165, 1.54) is 6.07 Å². The number of alkyl halides is 2. The topological polar surface area (TPSA) is 114 Å². The number of rotatable bonds is 9. The van der Waals surface area contributed by atoms with Gasteiger partial charge in [-0.1, -0.05) is 5.16 Å². The average molecular weight is 402 g/mol. The summed E-state index contributed by atoms with van der Waals surface area (Å²) in [4.78, 5) is 15.6. The highest BCUT2D eigenvalue weighted by Crippen LogP contribution is 2.28. The second kappa shape index (κ2) is 8.89.